The van der Waals surface area contributed by atoms with Crippen LogP contribution >= 0.6 is 11.6 Å². The van der Waals surface area contributed by atoms with E-state index in [1.807, 2.05) is 13.8 Å². The SMILES string of the molecule is CCn1nc(C(=O)NC23CC(NC(=O)COc4ccc(Cl)c(F)c4)(C2)C3)cc1C. The Morgan fingerprint density at radius 2 is 1.93 bits per heavy atom. The van der Waals surface area contributed by atoms with Crippen LogP contribution in [0, 0.1) is 12.7 Å². The fourth-order valence-corrected chi connectivity index (χ4v) is 4.46. The van der Waals surface area contributed by atoms with Crippen molar-refractivity contribution in [1.29, 1.82) is 0 Å². The Labute approximate surface area is 172 Å². The van der Waals surface area contributed by atoms with Crippen LogP contribution in [0.4, 0.5) is 4.39 Å². The maximum absolute atomic E-state index is 13.4. The summed E-state index contributed by atoms with van der Waals surface area (Å²) in [5, 5.41) is 10.3. The number of aryl methyl sites for hydroxylation is 2. The number of carbonyl (C=O) groups excluding carboxylic acids is 2. The summed E-state index contributed by atoms with van der Waals surface area (Å²) in [6.07, 6.45) is 2.04. The Hall–Kier alpha value is -2.61. The van der Waals surface area contributed by atoms with Gasteiger partial charge in [0.2, 0.25) is 0 Å². The third kappa shape index (κ3) is 3.69. The number of hydrogen-bond acceptors (Lipinski definition) is 4. The standard InChI is InChI=1S/C20H22ClFN4O3/c1-3-26-12(2)6-16(25-26)18(28)24-20-9-19(10-20,11-20)23-17(27)8-29-13-4-5-14(21)15(22)7-13/h4-7H,3,8-11H2,1-2H3,(H,23,27)(H,24,28). The summed E-state index contributed by atoms with van der Waals surface area (Å²) in [6, 6.07) is 5.80. The van der Waals surface area contributed by atoms with Crippen molar-refractivity contribution in [2.24, 2.45) is 0 Å². The summed E-state index contributed by atoms with van der Waals surface area (Å²) in [6.45, 7) is 4.39. The molecule has 1 heterocycles. The average Bonchev–Trinajstić information content (AvgIpc) is 3.00. The lowest BCUT2D eigenvalue weighted by atomic mass is 9.44. The maximum atomic E-state index is 13.4. The summed E-state index contributed by atoms with van der Waals surface area (Å²) in [7, 11) is 0. The second kappa shape index (κ2) is 7.02. The second-order valence-electron chi connectivity index (χ2n) is 7.94. The molecule has 2 amide bonds. The van der Waals surface area contributed by atoms with E-state index < -0.39 is 5.82 Å². The zero-order valence-corrected chi connectivity index (χ0v) is 17.0. The van der Waals surface area contributed by atoms with Crippen molar-refractivity contribution < 1.29 is 18.7 Å². The number of rotatable bonds is 7. The number of hydrogen-bond donors (Lipinski definition) is 2. The van der Waals surface area contributed by atoms with Crippen molar-refractivity contribution in [3.8, 4) is 5.75 Å². The zero-order valence-electron chi connectivity index (χ0n) is 16.2. The van der Waals surface area contributed by atoms with Crippen molar-refractivity contribution in [2.45, 2.75) is 50.7 Å². The number of nitrogens with zero attached hydrogens (tertiary/aromatic N) is 2. The molecule has 3 saturated carbocycles. The first-order valence-corrected chi connectivity index (χ1v) is 9.87. The van der Waals surface area contributed by atoms with E-state index in [0.717, 1.165) is 11.8 Å². The molecule has 0 radical (unpaired) electrons. The number of halogens is 2. The Morgan fingerprint density at radius 3 is 2.55 bits per heavy atom. The van der Waals surface area contributed by atoms with Crippen LogP contribution < -0.4 is 15.4 Å². The predicted molar refractivity (Wildman–Crippen MR) is 104 cm³/mol. The minimum absolute atomic E-state index is 0.000339. The van der Waals surface area contributed by atoms with E-state index >= 15 is 0 Å². The van der Waals surface area contributed by atoms with Gasteiger partial charge < -0.3 is 15.4 Å². The van der Waals surface area contributed by atoms with Crippen LogP contribution in [0.3, 0.4) is 0 Å². The molecule has 7 nitrogen and oxygen atoms in total. The molecule has 2 aromatic rings. The van der Waals surface area contributed by atoms with Crippen LogP contribution in [0.2, 0.25) is 5.02 Å². The Bertz CT molecular complexity index is 970. The lowest BCUT2D eigenvalue weighted by Gasteiger charge is -2.70. The average molecular weight is 421 g/mol. The fourth-order valence-electron chi connectivity index (χ4n) is 4.35. The van der Waals surface area contributed by atoms with Gasteiger partial charge in [-0.2, -0.15) is 5.10 Å². The van der Waals surface area contributed by atoms with Gasteiger partial charge in [-0.15, -0.1) is 0 Å². The highest BCUT2D eigenvalue weighted by Crippen LogP contribution is 2.60. The van der Waals surface area contributed by atoms with Gasteiger partial charge in [0.15, 0.2) is 6.61 Å². The molecule has 154 valence electrons. The van der Waals surface area contributed by atoms with Crippen LogP contribution in [-0.2, 0) is 11.3 Å². The third-order valence-electron chi connectivity index (χ3n) is 5.59. The molecule has 29 heavy (non-hydrogen) atoms. The van der Waals surface area contributed by atoms with Crippen LogP contribution in [0.25, 0.3) is 0 Å². The fraction of sp³-hybridized carbons (Fsp3) is 0.450. The van der Waals surface area contributed by atoms with E-state index in [-0.39, 0.29) is 40.3 Å². The van der Waals surface area contributed by atoms with E-state index in [2.05, 4.69) is 15.7 Å². The molecule has 5 rings (SSSR count). The van der Waals surface area contributed by atoms with E-state index in [9.17, 15) is 14.0 Å². The van der Waals surface area contributed by atoms with Crippen molar-refractivity contribution in [3.63, 3.8) is 0 Å². The number of nitrogens with one attached hydrogen (secondary N) is 2. The molecule has 3 aliphatic carbocycles. The van der Waals surface area contributed by atoms with Crippen LogP contribution in [0.5, 0.6) is 5.75 Å². The van der Waals surface area contributed by atoms with E-state index in [1.165, 1.54) is 12.1 Å². The van der Waals surface area contributed by atoms with Crippen molar-refractivity contribution in [2.75, 3.05) is 6.61 Å². The minimum atomic E-state index is -0.597. The zero-order chi connectivity index (χ0) is 20.8. The lowest BCUT2D eigenvalue weighted by molar-refractivity contribution is -0.141. The highest BCUT2D eigenvalue weighted by atomic mass is 35.5. The molecule has 9 heteroatoms. The lowest BCUT2D eigenvalue weighted by Crippen LogP contribution is -2.84. The first-order chi connectivity index (χ1) is 13.7. The minimum Gasteiger partial charge on any atom is -0.484 e. The van der Waals surface area contributed by atoms with Gasteiger partial charge in [-0.05, 0) is 51.3 Å². The number of carbonyl (C=O) groups is 2. The van der Waals surface area contributed by atoms with Gasteiger partial charge in [0, 0.05) is 29.4 Å². The molecule has 0 spiro atoms. The largest absolute Gasteiger partial charge is 0.484 e. The molecule has 0 saturated heterocycles. The smallest absolute Gasteiger partial charge is 0.272 e. The maximum Gasteiger partial charge on any atom is 0.272 e. The Kier molecular flexibility index (Phi) is 4.77. The first kappa shape index (κ1) is 19.7. The summed E-state index contributed by atoms with van der Waals surface area (Å²) >= 11 is 5.62. The number of amides is 2. The summed E-state index contributed by atoms with van der Waals surface area (Å²) < 4.78 is 20.5. The molecule has 1 aromatic heterocycles. The highest BCUT2D eigenvalue weighted by molar-refractivity contribution is 6.30. The van der Waals surface area contributed by atoms with Gasteiger partial charge in [-0.25, -0.2) is 4.39 Å². The van der Waals surface area contributed by atoms with Gasteiger partial charge in [0.1, 0.15) is 17.3 Å². The normalized spacial score (nSPS) is 24.3. The van der Waals surface area contributed by atoms with Crippen molar-refractivity contribution >= 4 is 23.4 Å². The summed E-state index contributed by atoms with van der Waals surface area (Å²) in [4.78, 5) is 24.6. The van der Waals surface area contributed by atoms with E-state index in [0.29, 0.717) is 31.5 Å². The highest BCUT2D eigenvalue weighted by Gasteiger charge is 2.69. The molecule has 3 fully saturated rings. The predicted octanol–water partition coefficient (Wildman–Crippen LogP) is 2.60. The third-order valence-corrected chi connectivity index (χ3v) is 5.89. The molecular weight excluding hydrogens is 399 g/mol. The van der Waals surface area contributed by atoms with Gasteiger partial charge in [-0.3, -0.25) is 14.3 Å². The number of aromatic nitrogens is 2. The molecule has 0 unspecified atom stereocenters. The van der Waals surface area contributed by atoms with Crippen molar-refractivity contribution in [1.82, 2.24) is 20.4 Å². The van der Waals surface area contributed by atoms with Gasteiger partial charge in [-0.1, -0.05) is 11.6 Å². The number of benzene rings is 1. The van der Waals surface area contributed by atoms with Crippen LogP contribution in [-0.4, -0.2) is 39.3 Å². The number of ether oxygens (including phenoxy) is 1. The van der Waals surface area contributed by atoms with Crippen LogP contribution in [0.15, 0.2) is 24.3 Å². The first-order valence-electron chi connectivity index (χ1n) is 9.49. The second-order valence-corrected chi connectivity index (χ2v) is 8.35. The molecule has 3 aliphatic rings. The summed E-state index contributed by atoms with van der Waals surface area (Å²) in [5.41, 5.74) is 0.793. The molecule has 2 bridgehead atoms. The topological polar surface area (TPSA) is 85.3 Å². The Balaban J connectivity index is 1.24. The molecular formula is C20H22ClFN4O3. The van der Waals surface area contributed by atoms with Crippen molar-refractivity contribution in [3.05, 3.63) is 46.5 Å². The summed E-state index contributed by atoms with van der Waals surface area (Å²) in [5.74, 6) is -0.823. The monoisotopic (exact) mass is 420 g/mol. The van der Waals surface area contributed by atoms with Crippen LogP contribution in [0.1, 0.15) is 42.4 Å². The van der Waals surface area contributed by atoms with Gasteiger partial charge in [0.05, 0.1) is 5.02 Å². The van der Waals surface area contributed by atoms with E-state index in [4.69, 9.17) is 16.3 Å². The molecule has 0 atom stereocenters. The van der Waals surface area contributed by atoms with Gasteiger partial charge in [0.25, 0.3) is 11.8 Å². The molecule has 1 aromatic carbocycles. The van der Waals surface area contributed by atoms with E-state index in [1.54, 1.807) is 10.7 Å². The quantitative estimate of drug-likeness (QED) is 0.721. The van der Waals surface area contributed by atoms with Gasteiger partial charge >= 0.3 is 0 Å². The molecule has 2 N–H and O–H groups in total. The Morgan fingerprint density at radius 1 is 1.24 bits per heavy atom. The molecule has 0 aliphatic heterocycles.